The van der Waals surface area contributed by atoms with E-state index in [1.807, 2.05) is 6.07 Å². The Morgan fingerprint density at radius 1 is 1.15 bits per heavy atom. The summed E-state index contributed by atoms with van der Waals surface area (Å²) in [5, 5.41) is 12.1. The Bertz CT molecular complexity index is 653. The van der Waals surface area contributed by atoms with Crippen LogP contribution in [0.1, 0.15) is 5.56 Å². The van der Waals surface area contributed by atoms with Crippen LogP contribution in [0.25, 0.3) is 0 Å². The van der Waals surface area contributed by atoms with E-state index < -0.39 is 5.76 Å². The van der Waals surface area contributed by atoms with Crippen LogP contribution in [0.3, 0.4) is 0 Å². The van der Waals surface area contributed by atoms with Gasteiger partial charge in [0.25, 0.3) is 5.76 Å². The molecule has 3 nitrogen and oxygen atoms in total. The van der Waals surface area contributed by atoms with Gasteiger partial charge < -0.3 is 11.1 Å². The van der Waals surface area contributed by atoms with E-state index in [1.54, 1.807) is 36.4 Å². The van der Waals surface area contributed by atoms with E-state index >= 15 is 0 Å². The van der Waals surface area contributed by atoms with Gasteiger partial charge in [-0.15, -0.1) is 0 Å². The van der Waals surface area contributed by atoms with Crippen LogP contribution in [0.4, 0.5) is 25.8 Å². The Kier molecular flexibility index (Phi) is 4.43. The molecule has 20 heavy (non-hydrogen) atoms. The zero-order valence-corrected chi connectivity index (χ0v) is 11.1. The molecule has 0 saturated carbocycles. The number of thioether (sulfide) groups is 1. The lowest BCUT2D eigenvalue weighted by molar-refractivity contribution is 0.252. The van der Waals surface area contributed by atoms with Gasteiger partial charge >= 0.3 is 0 Å². The Labute approximate surface area is 119 Å². The maximum absolute atomic E-state index is 12.5. The lowest BCUT2D eigenvalue weighted by Crippen LogP contribution is -1.97. The predicted molar refractivity (Wildman–Crippen MR) is 77.2 cm³/mol. The molecular formula is C14H11F2N3S. The van der Waals surface area contributed by atoms with Gasteiger partial charge in [-0.25, -0.2) is 0 Å². The fourth-order valence-corrected chi connectivity index (χ4v) is 2.27. The van der Waals surface area contributed by atoms with Gasteiger partial charge in [0.15, 0.2) is 0 Å². The second kappa shape index (κ2) is 6.26. The molecule has 0 atom stereocenters. The molecule has 102 valence electrons. The molecule has 2 rings (SSSR count). The highest BCUT2D eigenvalue weighted by molar-refractivity contribution is 7.99. The summed E-state index contributed by atoms with van der Waals surface area (Å²) < 4.78 is 25.0. The van der Waals surface area contributed by atoms with Gasteiger partial charge in [0.05, 0.1) is 16.9 Å². The van der Waals surface area contributed by atoms with Gasteiger partial charge in [0.2, 0.25) is 0 Å². The molecule has 2 aromatic carbocycles. The van der Waals surface area contributed by atoms with Gasteiger partial charge in [-0.1, -0.05) is 23.9 Å². The van der Waals surface area contributed by atoms with Gasteiger partial charge in [-0.05, 0) is 30.3 Å². The number of halogens is 2. The number of benzene rings is 2. The Hall–Kier alpha value is -2.26. The van der Waals surface area contributed by atoms with Crippen molar-refractivity contribution in [3.05, 3.63) is 48.0 Å². The zero-order valence-electron chi connectivity index (χ0n) is 10.3. The number of nitrogens with zero attached hydrogens (tertiary/aromatic N) is 1. The van der Waals surface area contributed by atoms with Crippen molar-refractivity contribution in [1.82, 2.24) is 0 Å². The molecule has 0 radical (unpaired) electrons. The van der Waals surface area contributed by atoms with Gasteiger partial charge in [0, 0.05) is 10.6 Å². The second-order valence-corrected chi connectivity index (χ2v) is 4.95. The minimum absolute atomic E-state index is 0.363. The molecule has 0 aromatic heterocycles. The zero-order chi connectivity index (χ0) is 14.5. The number of rotatable bonds is 4. The molecule has 0 bridgehead atoms. The van der Waals surface area contributed by atoms with Crippen molar-refractivity contribution >= 4 is 28.8 Å². The van der Waals surface area contributed by atoms with Crippen LogP contribution in [-0.2, 0) is 0 Å². The van der Waals surface area contributed by atoms with Crippen LogP contribution >= 0.6 is 11.8 Å². The molecule has 0 aliphatic carbocycles. The van der Waals surface area contributed by atoms with E-state index in [-0.39, 0.29) is 0 Å². The van der Waals surface area contributed by atoms with Gasteiger partial charge in [0.1, 0.15) is 6.07 Å². The molecule has 0 heterocycles. The van der Waals surface area contributed by atoms with E-state index in [4.69, 9.17) is 11.0 Å². The smallest absolute Gasteiger partial charge is 0.288 e. The van der Waals surface area contributed by atoms with Crippen LogP contribution in [0.5, 0.6) is 0 Å². The molecule has 0 unspecified atom stereocenters. The Balaban J connectivity index is 2.33. The minimum Gasteiger partial charge on any atom is -0.399 e. The summed E-state index contributed by atoms with van der Waals surface area (Å²) in [6.45, 7) is 0. The number of anilines is 3. The van der Waals surface area contributed by atoms with Crippen molar-refractivity contribution in [1.29, 1.82) is 5.26 Å². The van der Waals surface area contributed by atoms with Crippen LogP contribution < -0.4 is 11.1 Å². The molecule has 0 fully saturated rings. The first kappa shape index (κ1) is 14.2. The number of nitrogens with two attached hydrogens (primary N) is 1. The lowest BCUT2D eigenvalue weighted by Gasteiger charge is -2.12. The van der Waals surface area contributed by atoms with Crippen molar-refractivity contribution in [3.63, 3.8) is 0 Å². The maximum Gasteiger partial charge on any atom is 0.288 e. The number of nitrogens with one attached hydrogen (secondary N) is 1. The quantitative estimate of drug-likeness (QED) is 0.654. The normalized spacial score (nSPS) is 10.3. The minimum atomic E-state index is -2.50. The predicted octanol–water partition coefficient (Wildman–Crippen LogP) is 4.20. The van der Waals surface area contributed by atoms with E-state index in [2.05, 4.69) is 5.32 Å². The number of alkyl halides is 2. The topological polar surface area (TPSA) is 61.8 Å². The van der Waals surface area contributed by atoms with Crippen LogP contribution in [0.15, 0.2) is 47.4 Å². The summed E-state index contributed by atoms with van der Waals surface area (Å²) in [5.74, 6) is -2.50. The average Bonchev–Trinajstić information content (AvgIpc) is 2.42. The number of nitriles is 1. The third-order valence-electron chi connectivity index (χ3n) is 2.54. The van der Waals surface area contributed by atoms with Crippen LogP contribution in [0.2, 0.25) is 0 Å². The van der Waals surface area contributed by atoms with Crippen molar-refractivity contribution in [2.24, 2.45) is 0 Å². The molecule has 2 aromatic rings. The summed E-state index contributed by atoms with van der Waals surface area (Å²) in [4.78, 5) is 0.420. The molecule has 0 aliphatic heterocycles. The Morgan fingerprint density at radius 3 is 2.60 bits per heavy atom. The third kappa shape index (κ3) is 3.39. The van der Waals surface area contributed by atoms with Crippen molar-refractivity contribution in [2.75, 3.05) is 11.1 Å². The fourth-order valence-electron chi connectivity index (χ4n) is 1.68. The van der Waals surface area contributed by atoms with Gasteiger partial charge in [-0.3, -0.25) is 0 Å². The maximum atomic E-state index is 12.5. The van der Waals surface area contributed by atoms with E-state index in [0.717, 1.165) is 0 Å². The summed E-state index contributed by atoms with van der Waals surface area (Å²) in [7, 11) is 0. The van der Waals surface area contributed by atoms with E-state index in [1.165, 1.54) is 6.07 Å². The fraction of sp³-hybridized carbons (Fsp3) is 0.0714. The summed E-state index contributed by atoms with van der Waals surface area (Å²) in [6.07, 6.45) is 0. The van der Waals surface area contributed by atoms with Crippen molar-refractivity contribution in [2.45, 2.75) is 10.7 Å². The highest BCUT2D eigenvalue weighted by Crippen LogP contribution is 2.34. The number of nitrogen functional groups attached to an aromatic ring is 1. The molecule has 3 N–H and O–H groups in total. The second-order valence-electron chi connectivity index (χ2n) is 3.92. The first-order valence-electron chi connectivity index (χ1n) is 5.70. The molecule has 0 aliphatic rings. The van der Waals surface area contributed by atoms with Crippen molar-refractivity contribution < 1.29 is 8.78 Å². The van der Waals surface area contributed by atoms with Crippen molar-refractivity contribution in [3.8, 4) is 6.07 Å². The molecule has 0 saturated heterocycles. The highest BCUT2D eigenvalue weighted by atomic mass is 32.2. The van der Waals surface area contributed by atoms with Gasteiger partial charge in [-0.2, -0.15) is 14.0 Å². The molecular weight excluding hydrogens is 280 g/mol. The average molecular weight is 291 g/mol. The molecule has 6 heteroatoms. The SMILES string of the molecule is N#Cc1cc(N)ccc1Nc1ccccc1SC(F)F. The third-order valence-corrected chi connectivity index (χ3v) is 3.32. The van der Waals surface area contributed by atoms with E-state index in [9.17, 15) is 8.78 Å². The number of hydrogen-bond donors (Lipinski definition) is 2. The summed E-state index contributed by atoms with van der Waals surface area (Å²) in [5.41, 5.74) is 7.51. The first-order valence-corrected chi connectivity index (χ1v) is 6.58. The Morgan fingerprint density at radius 2 is 1.90 bits per heavy atom. The molecule has 0 spiro atoms. The first-order chi connectivity index (χ1) is 9.60. The number of para-hydroxylation sites is 1. The monoisotopic (exact) mass is 291 g/mol. The number of hydrogen-bond acceptors (Lipinski definition) is 4. The summed E-state index contributed by atoms with van der Waals surface area (Å²) in [6, 6.07) is 13.6. The summed E-state index contributed by atoms with van der Waals surface area (Å²) >= 11 is 0.457. The van der Waals surface area contributed by atoms with Crippen LogP contribution in [0, 0.1) is 11.3 Å². The van der Waals surface area contributed by atoms with Crippen LogP contribution in [-0.4, -0.2) is 5.76 Å². The standard InChI is InChI=1S/C14H11F2N3S/c15-14(16)20-13-4-2-1-3-12(13)19-11-6-5-10(18)7-9(11)8-17/h1-7,14,19H,18H2. The highest BCUT2D eigenvalue weighted by Gasteiger charge is 2.11. The largest absolute Gasteiger partial charge is 0.399 e. The molecule has 0 amide bonds. The van der Waals surface area contributed by atoms with E-state index in [0.29, 0.717) is 39.3 Å². The lowest BCUT2D eigenvalue weighted by atomic mass is 10.1.